The molecule has 0 aliphatic carbocycles. The Labute approximate surface area is 36.2 Å². The van der Waals surface area contributed by atoms with E-state index in [2.05, 4.69) is 4.18 Å². The highest BCUT2D eigenvalue weighted by Gasteiger charge is 1.95. The van der Waals surface area contributed by atoms with Crippen LogP contribution in [0.5, 0.6) is 0 Å². The van der Waals surface area contributed by atoms with Gasteiger partial charge < -0.3 is 0 Å². The predicted octanol–water partition coefficient (Wildman–Crippen LogP) is -1.05. The molecule has 0 aliphatic heterocycles. The molecule has 0 aliphatic rings. The van der Waals surface area contributed by atoms with E-state index in [1.807, 2.05) is 0 Å². The van der Waals surface area contributed by atoms with Crippen LogP contribution in [0.15, 0.2) is 0 Å². The fraction of sp³-hybridized carbons (Fsp3) is 1.00. The zero-order chi connectivity index (χ0) is 5.21. The molecule has 6 heavy (non-hydrogen) atoms. The molecule has 5 heteroatoms. The summed E-state index contributed by atoms with van der Waals surface area (Å²) in [6, 6.07) is 0. The number of nitrogens with zero attached hydrogens (tertiary/aromatic N) is 1. The highest BCUT2D eigenvalue weighted by atomic mass is 32.2. The largest absolute Gasteiger partial charge is 0.369 e. The van der Waals surface area contributed by atoms with E-state index in [1.165, 1.54) is 0 Å². The number of hydrogen-bond acceptors (Lipinski definition) is 3. The highest BCUT2D eigenvalue weighted by molar-refractivity contribution is 7.83. The number of hydrogen-bond donors (Lipinski definition) is 0. The van der Waals surface area contributed by atoms with Gasteiger partial charge in [0.15, 0.2) is 0 Å². The van der Waals surface area contributed by atoms with Gasteiger partial charge in [-0.05, 0) is 0 Å². The van der Waals surface area contributed by atoms with Gasteiger partial charge in [0.25, 0.3) is 0 Å². The summed E-state index contributed by atoms with van der Waals surface area (Å²) in [7, 11) is -3.29. The van der Waals surface area contributed by atoms with Gasteiger partial charge in [-0.3, -0.25) is 4.18 Å². The molecule has 0 spiro atoms. The van der Waals surface area contributed by atoms with Crippen LogP contribution in [-0.2, 0) is 14.5 Å². The first kappa shape index (κ1) is 5.87. The molecule has 0 saturated heterocycles. The lowest BCUT2D eigenvalue weighted by atomic mass is 11.8. The summed E-state index contributed by atoms with van der Waals surface area (Å²) in [6.07, 6.45) is 0. The molecule has 0 bridgehead atoms. The van der Waals surface area contributed by atoms with E-state index in [-0.39, 0.29) is 0 Å². The lowest BCUT2D eigenvalue weighted by molar-refractivity contribution is 0.397. The summed E-state index contributed by atoms with van der Waals surface area (Å²) < 4.78 is 22.1. The molecule has 2 radical (unpaired) electrons. The van der Waals surface area contributed by atoms with E-state index in [1.54, 1.807) is 0 Å². The van der Waals surface area contributed by atoms with Gasteiger partial charge in [0.1, 0.15) is 0 Å². The van der Waals surface area contributed by atoms with Crippen LogP contribution in [-0.4, -0.2) is 15.5 Å². The SMILES string of the molecule is COS([N])(=O)=O. The van der Waals surface area contributed by atoms with Gasteiger partial charge in [-0.1, -0.05) is 0 Å². The first-order valence-electron chi connectivity index (χ1n) is 1.09. The van der Waals surface area contributed by atoms with Crippen LogP contribution in [0.1, 0.15) is 0 Å². The van der Waals surface area contributed by atoms with E-state index >= 15 is 0 Å². The van der Waals surface area contributed by atoms with Crippen molar-refractivity contribution in [3.8, 4) is 0 Å². The minimum absolute atomic E-state index is 0.870. The van der Waals surface area contributed by atoms with E-state index in [0.717, 1.165) is 7.11 Å². The van der Waals surface area contributed by atoms with E-state index in [0.29, 0.717) is 0 Å². The van der Waals surface area contributed by atoms with Gasteiger partial charge in [-0.2, -0.15) is 8.42 Å². The van der Waals surface area contributed by atoms with Crippen molar-refractivity contribution in [3.05, 3.63) is 0 Å². The summed E-state index contributed by atoms with van der Waals surface area (Å²) in [5.41, 5.74) is 0. The Morgan fingerprint density at radius 2 is 1.83 bits per heavy atom. The Morgan fingerprint density at radius 1 is 1.67 bits per heavy atom. The summed E-state index contributed by atoms with van der Waals surface area (Å²) in [5, 5.41) is 7.58. The Morgan fingerprint density at radius 3 is 1.83 bits per heavy atom. The molecule has 4 nitrogen and oxygen atoms in total. The zero-order valence-corrected chi connectivity index (χ0v) is 3.90. The van der Waals surface area contributed by atoms with Crippen LogP contribution in [0.4, 0.5) is 0 Å². The maximum absolute atomic E-state index is 9.33. The van der Waals surface area contributed by atoms with Crippen molar-refractivity contribution in [2.24, 2.45) is 0 Å². The fourth-order valence-electron chi connectivity index (χ4n) is 0. The molecule has 0 N–H and O–H groups in total. The van der Waals surface area contributed by atoms with Gasteiger partial charge >= 0.3 is 10.3 Å². The number of rotatable bonds is 1. The first-order chi connectivity index (χ1) is 2.56. The lowest BCUT2D eigenvalue weighted by Gasteiger charge is -1.80. The van der Waals surface area contributed by atoms with Gasteiger partial charge in [0.2, 0.25) is 0 Å². The van der Waals surface area contributed by atoms with Crippen molar-refractivity contribution in [2.75, 3.05) is 7.11 Å². The topological polar surface area (TPSA) is 65.7 Å². The Bertz CT molecular complexity index is 113. The van der Waals surface area contributed by atoms with E-state index < -0.39 is 10.3 Å². The summed E-state index contributed by atoms with van der Waals surface area (Å²) in [4.78, 5) is 0. The molecule has 0 aromatic carbocycles. The second kappa shape index (κ2) is 1.55. The Balaban J connectivity index is 3.85. The van der Waals surface area contributed by atoms with E-state index in [4.69, 9.17) is 5.14 Å². The third-order valence-corrected chi connectivity index (χ3v) is 0.632. The van der Waals surface area contributed by atoms with Crippen molar-refractivity contribution in [2.45, 2.75) is 0 Å². The minimum atomic E-state index is -4.16. The second-order valence-electron chi connectivity index (χ2n) is 0.594. The van der Waals surface area contributed by atoms with Crippen LogP contribution in [0.25, 0.3) is 0 Å². The summed E-state index contributed by atoms with van der Waals surface area (Å²) in [6.45, 7) is 0. The lowest BCUT2D eigenvalue weighted by Crippen LogP contribution is -1.99. The van der Waals surface area contributed by atoms with Crippen molar-refractivity contribution < 1.29 is 12.6 Å². The molecule has 0 rings (SSSR count). The fourth-order valence-corrected chi connectivity index (χ4v) is 0. The third kappa shape index (κ3) is 3.87. The summed E-state index contributed by atoms with van der Waals surface area (Å²) >= 11 is 0. The molecule has 0 aromatic rings. The molecule has 0 aromatic heterocycles. The highest BCUT2D eigenvalue weighted by Crippen LogP contribution is 1.73. The van der Waals surface area contributed by atoms with Crippen LogP contribution >= 0.6 is 0 Å². The Kier molecular flexibility index (Phi) is 1.51. The van der Waals surface area contributed by atoms with Gasteiger partial charge in [-0.25, -0.2) is 0 Å². The maximum atomic E-state index is 9.33. The van der Waals surface area contributed by atoms with Crippen molar-refractivity contribution in [3.63, 3.8) is 0 Å². The quantitative estimate of drug-likeness (QED) is 0.431. The van der Waals surface area contributed by atoms with Crippen LogP contribution in [0.2, 0.25) is 0 Å². The second-order valence-corrected chi connectivity index (χ2v) is 1.78. The Hall–Kier alpha value is -0.130. The normalized spacial score (nSPS) is 11.7. The van der Waals surface area contributed by atoms with Gasteiger partial charge in [0, 0.05) is 5.14 Å². The smallest absolute Gasteiger partial charge is 0.259 e. The zero-order valence-electron chi connectivity index (χ0n) is 3.08. The van der Waals surface area contributed by atoms with Gasteiger partial charge in [0.05, 0.1) is 7.11 Å². The van der Waals surface area contributed by atoms with Crippen molar-refractivity contribution in [1.29, 1.82) is 0 Å². The van der Waals surface area contributed by atoms with Crippen LogP contribution in [0.3, 0.4) is 0 Å². The maximum Gasteiger partial charge on any atom is 0.369 e. The summed E-state index contributed by atoms with van der Waals surface area (Å²) in [5.74, 6) is 0. The molecule has 0 heterocycles. The molecular formula is CH3NO3S. The third-order valence-electron chi connectivity index (χ3n) is 0.211. The molecule has 0 amide bonds. The standard InChI is InChI=1S/CH3NO3S/c1-5-6(2,3)4/h1H3. The van der Waals surface area contributed by atoms with Crippen molar-refractivity contribution in [1.82, 2.24) is 5.14 Å². The molecule has 0 saturated carbocycles. The molecule has 0 fully saturated rings. The average molecular weight is 109 g/mol. The minimum Gasteiger partial charge on any atom is -0.259 e. The predicted molar refractivity (Wildman–Crippen MR) is 18.1 cm³/mol. The molecule has 0 atom stereocenters. The van der Waals surface area contributed by atoms with Crippen LogP contribution < -0.4 is 5.14 Å². The first-order valence-corrected chi connectivity index (χ1v) is 2.46. The molecule has 36 valence electrons. The monoisotopic (exact) mass is 109 g/mol. The van der Waals surface area contributed by atoms with Gasteiger partial charge in [-0.15, -0.1) is 0 Å². The molecular weight excluding hydrogens is 106 g/mol. The average Bonchev–Trinajstić information content (AvgIpc) is 1.35. The van der Waals surface area contributed by atoms with Crippen LogP contribution in [0, 0.1) is 0 Å². The molecule has 0 unspecified atom stereocenters. The van der Waals surface area contributed by atoms with Crippen molar-refractivity contribution >= 4 is 10.3 Å². The van der Waals surface area contributed by atoms with E-state index in [9.17, 15) is 8.42 Å².